The zero-order valence-electron chi connectivity index (χ0n) is 10.1. The Kier molecular flexibility index (Phi) is 4.07. The average Bonchev–Trinajstić information content (AvgIpc) is 2.14. The molecule has 3 nitrogen and oxygen atoms in total. The second-order valence-corrected chi connectivity index (χ2v) is 4.28. The zero-order valence-corrected chi connectivity index (χ0v) is 10.1. The number of hydrogen-bond donors (Lipinski definition) is 2. The summed E-state index contributed by atoms with van der Waals surface area (Å²) in [7, 11) is 0. The minimum absolute atomic E-state index is 0.393. The number of carboxylic acids is 1. The number of aryl methyl sites for hydroxylation is 3. The molecule has 0 aliphatic rings. The maximum atomic E-state index is 11.2. The largest absolute Gasteiger partial charge is 0.481 e. The fourth-order valence-corrected chi connectivity index (χ4v) is 2.30. The minimum atomic E-state index is -0.791. The van der Waals surface area contributed by atoms with Gasteiger partial charge in [-0.2, -0.15) is 0 Å². The lowest BCUT2D eigenvalue weighted by molar-refractivity contribution is -0.138. The lowest BCUT2D eigenvalue weighted by Crippen LogP contribution is -2.18. The number of carboxylic acid groups (broad SMARTS) is 1. The number of benzene rings is 1. The fraction of sp³-hybridized carbons (Fsp3) is 0.462. The van der Waals surface area contributed by atoms with Crippen molar-refractivity contribution in [2.45, 2.75) is 33.1 Å². The summed E-state index contributed by atoms with van der Waals surface area (Å²) in [6.45, 7) is 6.33. The molecule has 0 aromatic heterocycles. The van der Waals surface area contributed by atoms with E-state index in [1.807, 2.05) is 32.9 Å². The number of aliphatic carboxylic acids is 1. The second kappa shape index (κ2) is 5.12. The SMILES string of the molecule is Cc1cc(C)c(C(CCN)C(=O)O)c(C)c1. The van der Waals surface area contributed by atoms with Crippen molar-refractivity contribution >= 4 is 5.97 Å². The molecule has 1 aromatic carbocycles. The molecule has 3 heteroatoms. The van der Waals surface area contributed by atoms with Crippen LogP contribution in [0.15, 0.2) is 12.1 Å². The molecule has 0 heterocycles. The van der Waals surface area contributed by atoms with Gasteiger partial charge in [-0.1, -0.05) is 17.7 Å². The van der Waals surface area contributed by atoms with Crippen molar-refractivity contribution in [3.63, 3.8) is 0 Å². The standard InChI is InChI=1S/C13H19NO2/c1-8-6-9(2)12(10(3)7-8)11(4-5-14)13(15)16/h6-7,11H,4-5,14H2,1-3H3,(H,15,16). The van der Waals surface area contributed by atoms with Crippen molar-refractivity contribution in [1.29, 1.82) is 0 Å². The molecule has 0 saturated carbocycles. The Hall–Kier alpha value is -1.35. The van der Waals surface area contributed by atoms with Crippen molar-refractivity contribution in [3.05, 3.63) is 34.4 Å². The van der Waals surface area contributed by atoms with Crippen LogP contribution in [0, 0.1) is 20.8 Å². The van der Waals surface area contributed by atoms with E-state index >= 15 is 0 Å². The van der Waals surface area contributed by atoms with Crippen molar-refractivity contribution in [3.8, 4) is 0 Å². The van der Waals surface area contributed by atoms with Crippen LogP contribution < -0.4 is 5.73 Å². The number of hydrogen-bond acceptors (Lipinski definition) is 2. The highest BCUT2D eigenvalue weighted by Crippen LogP contribution is 2.27. The van der Waals surface area contributed by atoms with Gasteiger partial charge < -0.3 is 10.8 Å². The Morgan fingerprint density at radius 3 is 2.19 bits per heavy atom. The van der Waals surface area contributed by atoms with Crippen molar-refractivity contribution in [2.24, 2.45) is 5.73 Å². The third-order valence-electron chi connectivity index (χ3n) is 2.84. The van der Waals surface area contributed by atoms with Gasteiger partial charge in [-0.15, -0.1) is 0 Å². The Bertz CT molecular complexity index is 376. The van der Waals surface area contributed by atoms with E-state index in [2.05, 4.69) is 0 Å². The number of nitrogens with two attached hydrogens (primary N) is 1. The molecule has 0 aliphatic heterocycles. The molecular weight excluding hydrogens is 202 g/mol. The van der Waals surface area contributed by atoms with E-state index in [0.29, 0.717) is 13.0 Å². The summed E-state index contributed by atoms with van der Waals surface area (Å²) in [5.74, 6) is -1.27. The smallest absolute Gasteiger partial charge is 0.311 e. The zero-order chi connectivity index (χ0) is 12.3. The molecule has 88 valence electrons. The van der Waals surface area contributed by atoms with Gasteiger partial charge in [0.25, 0.3) is 0 Å². The summed E-state index contributed by atoms with van der Waals surface area (Å²) < 4.78 is 0. The van der Waals surface area contributed by atoms with Crippen LogP contribution in [-0.2, 0) is 4.79 Å². The highest BCUT2D eigenvalue weighted by Gasteiger charge is 2.22. The predicted molar refractivity (Wildman–Crippen MR) is 64.7 cm³/mol. The maximum Gasteiger partial charge on any atom is 0.311 e. The van der Waals surface area contributed by atoms with Crippen LogP contribution in [0.25, 0.3) is 0 Å². The first-order chi connectivity index (χ1) is 7.47. The molecule has 1 aromatic rings. The fourth-order valence-electron chi connectivity index (χ4n) is 2.30. The molecular formula is C13H19NO2. The summed E-state index contributed by atoms with van der Waals surface area (Å²) in [4.78, 5) is 11.2. The lowest BCUT2D eigenvalue weighted by Gasteiger charge is -2.18. The summed E-state index contributed by atoms with van der Waals surface area (Å²) in [5.41, 5.74) is 9.63. The van der Waals surface area contributed by atoms with Gasteiger partial charge in [0.05, 0.1) is 5.92 Å². The van der Waals surface area contributed by atoms with Gasteiger partial charge >= 0.3 is 5.97 Å². The minimum Gasteiger partial charge on any atom is -0.481 e. The van der Waals surface area contributed by atoms with Crippen LogP contribution in [0.4, 0.5) is 0 Å². The number of rotatable bonds is 4. The molecule has 0 aliphatic carbocycles. The molecule has 1 unspecified atom stereocenters. The van der Waals surface area contributed by atoms with Gasteiger partial charge in [0.2, 0.25) is 0 Å². The van der Waals surface area contributed by atoms with E-state index < -0.39 is 11.9 Å². The molecule has 0 bridgehead atoms. The Labute approximate surface area is 96.3 Å². The average molecular weight is 221 g/mol. The van der Waals surface area contributed by atoms with Gasteiger partial charge in [-0.25, -0.2) is 0 Å². The van der Waals surface area contributed by atoms with Gasteiger partial charge in [-0.3, -0.25) is 4.79 Å². The van der Waals surface area contributed by atoms with Gasteiger partial charge in [-0.05, 0) is 50.4 Å². The van der Waals surface area contributed by atoms with E-state index in [1.165, 1.54) is 0 Å². The summed E-state index contributed by atoms with van der Waals surface area (Å²) in [5, 5.41) is 9.22. The normalized spacial score (nSPS) is 12.5. The Morgan fingerprint density at radius 2 is 1.81 bits per heavy atom. The second-order valence-electron chi connectivity index (χ2n) is 4.28. The van der Waals surface area contributed by atoms with E-state index in [-0.39, 0.29) is 0 Å². The third-order valence-corrected chi connectivity index (χ3v) is 2.84. The molecule has 1 rings (SSSR count). The van der Waals surface area contributed by atoms with Crippen molar-refractivity contribution in [1.82, 2.24) is 0 Å². The van der Waals surface area contributed by atoms with Crippen LogP contribution >= 0.6 is 0 Å². The van der Waals surface area contributed by atoms with Crippen LogP contribution in [0.3, 0.4) is 0 Å². The van der Waals surface area contributed by atoms with Gasteiger partial charge in [0, 0.05) is 0 Å². The van der Waals surface area contributed by atoms with Gasteiger partial charge in [0.1, 0.15) is 0 Å². The number of carbonyl (C=O) groups is 1. The van der Waals surface area contributed by atoms with E-state index in [1.54, 1.807) is 0 Å². The molecule has 3 N–H and O–H groups in total. The van der Waals surface area contributed by atoms with Crippen LogP contribution in [0.1, 0.15) is 34.6 Å². The molecule has 0 saturated heterocycles. The maximum absolute atomic E-state index is 11.2. The molecule has 0 spiro atoms. The van der Waals surface area contributed by atoms with Crippen molar-refractivity contribution < 1.29 is 9.90 Å². The molecule has 0 amide bonds. The molecule has 0 fully saturated rings. The van der Waals surface area contributed by atoms with E-state index in [4.69, 9.17) is 5.73 Å². The first-order valence-electron chi connectivity index (χ1n) is 5.48. The Morgan fingerprint density at radius 1 is 1.31 bits per heavy atom. The first-order valence-corrected chi connectivity index (χ1v) is 5.48. The predicted octanol–water partition coefficient (Wildman–Crippen LogP) is 2.13. The monoisotopic (exact) mass is 221 g/mol. The van der Waals surface area contributed by atoms with Crippen LogP contribution in [0.5, 0.6) is 0 Å². The summed E-state index contributed by atoms with van der Waals surface area (Å²) in [6.07, 6.45) is 0.486. The topological polar surface area (TPSA) is 63.3 Å². The summed E-state index contributed by atoms with van der Waals surface area (Å²) >= 11 is 0. The van der Waals surface area contributed by atoms with Crippen molar-refractivity contribution in [2.75, 3.05) is 6.54 Å². The molecule has 0 radical (unpaired) electrons. The summed E-state index contributed by atoms with van der Waals surface area (Å²) in [6, 6.07) is 4.05. The van der Waals surface area contributed by atoms with E-state index in [9.17, 15) is 9.90 Å². The third kappa shape index (κ3) is 2.61. The first kappa shape index (κ1) is 12.7. The lowest BCUT2D eigenvalue weighted by atomic mass is 9.87. The van der Waals surface area contributed by atoms with Crippen LogP contribution in [-0.4, -0.2) is 17.6 Å². The van der Waals surface area contributed by atoms with Gasteiger partial charge in [0.15, 0.2) is 0 Å². The highest BCUT2D eigenvalue weighted by molar-refractivity contribution is 5.77. The highest BCUT2D eigenvalue weighted by atomic mass is 16.4. The quantitative estimate of drug-likeness (QED) is 0.818. The van der Waals surface area contributed by atoms with E-state index in [0.717, 1.165) is 22.3 Å². The molecule has 16 heavy (non-hydrogen) atoms. The Balaban J connectivity index is 3.23. The molecule has 1 atom stereocenters. The van der Waals surface area contributed by atoms with Crippen LogP contribution in [0.2, 0.25) is 0 Å².